The number of amides is 1. The smallest absolute Gasteiger partial charge is 0.251 e. The lowest BCUT2D eigenvalue weighted by Gasteiger charge is -2.07. The van der Waals surface area contributed by atoms with Crippen molar-refractivity contribution in [1.82, 2.24) is 10.6 Å². The fourth-order valence-electron chi connectivity index (χ4n) is 2.02. The van der Waals surface area contributed by atoms with Gasteiger partial charge in [0, 0.05) is 32.3 Å². The van der Waals surface area contributed by atoms with Gasteiger partial charge in [-0.2, -0.15) is 0 Å². The highest BCUT2D eigenvalue weighted by Crippen LogP contribution is 2.16. The van der Waals surface area contributed by atoms with Gasteiger partial charge in [0.05, 0.1) is 19.8 Å². The van der Waals surface area contributed by atoms with Crippen LogP contribution >= 0.6 is 12.4 Å². The van der Waals surface area contributed by atoms with Crippen molar-refractivity contribution in [2.24, 2.45) is 0 Å². The zero-order chi connectivity index (χ0) is 13.5. The second-order valence-electron chi connectivity index (χ2n) is 4.45. The lowest BCUT2D eigenvalue weighted by Crippen LogP contribution is -2.27. The van der Waals surface area contributed by atoms with Crippen LogP contribution in [0.2, 0.25) is 0 Å². The van der Waals surface area contributed by atoms with Gasteiger partial charge in [-0.3, -0.25) is 4.79 Å². The quantitative estimate of drug-likeness (QED) is 0.741. The van der Waals surface area contributed by atoms with Crippen LogP contribution in [0, 0.1) is 0 Å². The predicted octanol–water partition coefficient (Wildman–Crippen LogP) is 1.10. The summed E-state index contributed by atoms with van der Waals surface area (Å²) in [4.78, 5) is 11.9. The zero-order valence-electron chi connectivity index (χ0n) is 11.6. The van der Waals surface area contributed by atoms with E-state index in [2.05, 4.69) is 10.6 Å². The maximum Gasteiger partial charge on any atom is 0.251 e. The average Bonchev–Trinajstić information content (AvgIpc) is 2.89. The van der Waals surface area contributed by atoms with Gasteiger partial charge in [-0.25, -0.2) is 0 Å². The van der Waals surface area contributed by atoms with Crippen molar-refractivity contribution in [3.05, 3.63) is 34.9 Å². The highest BCUT2D eigenvalue weighted by Gasteiger charge is 2.12. The Hall–Kier alpha value is -1.14. The summed E-state index contributed by atoms with van der Waals surface area (Å²) >= 11 is 0. The Balaban J connectivity index is 0.00000200. The van der Waals surface area contributed by atoms with Crippen molar-refractivity contribution in [1.29, 1.82) is 0 Å². The molecule has 6 heteroatoms. The van der Waals surface area contributed by atoms with E-state index in [0.29, 0.717) is 31.9 Å². The number of benzene rings is 1. The normalized spacial score (nSPS) is 12.7. The van der Waals surface area contributed by atoms with Crippen molar-refractivity contribution in [2.75, 3.05) is 33.5 Å². The molecule has 1 aromatic rings. The molecule has 0 bridgehead atoms. The largest absolute Gasteiger partial charge is 0.382 e. The van der Waals surface area contributed by atoms with Crippen LogP contribution in [0.15, 0.2) is 18.2 Å². The highest BCUT2D eigenvalue weighted by atomic mass is 35.5. The van der Waals surface area contributed by atoms with E-state index in [9.17, 15) is 4.79 Å². The molecular weight excluding hydrogens is 280 g/mol. The van der Waals surface area contributed by atoms with Crippen molar-refractivity contribution >= 4 is 18.3 Å². The Labute approximate surface area is 125 Å². The zero-order valence-corrected chi connectivity index (χ0v) is 12.4. The summed E-state index contributed by atoms with van der Waals surface area (Å²) in [6.45, 7) is 3.88. The lowest BCUT2D eigenvalue weighted by atomic mass is 10.1. The Kier molecular flexibility index (Phi) is 7.54. The summed E-state index contributed by atoms with van der Waals surface area (Å²) in [5.74, 6) is -0.0509. The molecule has 112 valence electrons. The number of fused-ring (bicyclic) bond motifs is 1. The molecule has 0 spiro atoms. The maximum atomic E-state index is 11.9. The van der Waals surface area contributed by atoms with E-state index in [1.807, 2.05) is 18.2 Å². The molecule has 1 aromatic carbocycles. The summed E-state index contributed by atoms with van der Waals surface area (Å²) in [6.07, 6.45) is 0. The number of hydrogen-bond donors (Lipinski definition) is 2. The number of rotatable bonds is 7. The predicted molar refractivity (Wildman–Crippen MR) is 79.3 cm³/mol. The van der Waals surface area contributed by atoms with E-state index < -0.39 is 0 Å². The third kappa shape index (κ3) is 4.76. The van der Waals surface area contributed by atoms with Gasteiger partial charge in [0.15, 0.2) is 0 Å². The van der Waals surface area contributed by atoms with Gasteiger partial charge in [0.2, 0.25) is 0 Å². The molecule has 0 atom stereocenters. The first kappa shape index (κ1) is 16.9. The van der Waals surface area contributed by atoms with Crippen LogP contribution in [-0.2, 0) is 22.6 Å². The summed E-state index contributed by atoms with van der Waals surface area (Å²) in [5, 5.41) is 6.10. The molecule has 5 nitrogen and oxygen atoms in total. The molecule has 20 heavy (non-hydrogen) atoms. The molecule has 0 saturated heterocycles. The summed E-state index contributed by atoms with van der Waals surface area (Å²) < 4.78 is 10.1. The van der Waals surface area contributed by atoms with Gasteiger partial charge in [-0.05, 0) is 23.3 Å². The first-order valence-corrected chi connectivity index (χ1v) is 6.48. The molecule has 1 aliphatic heterocycles. The first-order valence-electron chi connectivity index (χ1n) is 6.48. The Morgan fingerprint density at radius 2 is 2.05 bits per heavy atom. The van der Waals surface area contributed by atoms with E-state index in [4.69, 9.17) is 9.47 Å². The Morgan fingerprint density at radius 1 is 1.25 bits per heavy atom. The van der Waals surface area contributed by atoms with Crippen LogP contribution in [0.3, 0.4) is 0 Å². The summed E-state index contributed by atoms with van der Waals surface area (Å²) in [5.41, 5.74) is 3.20. The number of carbonyl (C=O) groups excluding carboxylic acids is 1. The van der Waals surface area contributed by atoms with Crippen LogP contribution in [0.25, 0.3) is 0 Å². The van der Waals surface area contributed by atoms with Crippen LogP contribution < -0.4 is 10.6 Å². The molecule has 0 saturated carbocycles. The van der Waals surface area contributed by atoms with Crippen molar-refractivity contribution < 1.29 is 14.3 Å². The molecule has 1 heterocycles. The average molecular weight is 301 g/mol. The molecule has 0 aliphatic carbocycles. The van der Waals surface area contributed by atoms with Crippen molar-refractivity contribution in [3.63, 3.8) is 0 Å². The topological polar surface area (TPSA) is 59.6 Å². The number of carbonyl (C=O) groups is 1. The second kappa shape index (κ2) is 8.92. The number of hydrogen-bond acceptors (Lipinski definition) is 4. The Bertz CT molecular complexity index is 440. The molecule has 1 amide bonds. The molecule has 1 aliphatic rings. The molecule has 0 radical (unpaired) electrons. The number of methoxy groups -OCH3 is 1. The molecule has 2 rings (SSSR count). The van der Waals surface area contributed by atoms with E-state index in [1.165, 1.54) is 11.1 Å². The monoisotopic (exact) mass is 300 g/mol. The Morgan fingerprint density at radius 3 is 2.85 bits per heavy atom. The second-order valence-corrected chi connectivity index (χ2v) is 4.45. The van der Waals surface area contributed by atoms with E-state index in [-0.39, 0.29) is 18.3 Å². The van der Waals surface area contributed by atoms with Crippen LogP contribution in [-0.4, -0.2) is 39.4 Å². The third-order valence-corrected chi connectivity index (χ3v) is 3.06. The van der Waals surface area contributed by atoms with Crippen LogP contribution in [0.1, 0.15) is 21.5 Å². The fourth-order valence-corrected chi connectivity index (χ4v) is 2.02. The SMILES string of the molecule is COCCOCCNC(=O)c1ccc2c(c1)CNC2.Cl. The van der Waals surface area contributed by atoms with Crippen molar-refractivity contribution in [3.8, 4) is 0 Å². The van der Waals surface area contributed by atoms with E-state index in [1.54, 1.807) is 7.11 Å². The minimum atomic E-state index is -0.0509. The van der Waals surface area contributed by atoms with Crippen molar-refractivity contribution in [2.45, 2.75) is 13.1 Å². The number of halogens is 1. The minimum Gasteiger partial charge on any atom is -0.382 e. The van der Waals surface area contributed by atoms with E-state index in [0.717, 1.165) is 13.1 Å². The minimum absolute atomic E-state index is 0. The summed E-state index contributed by atoms with van der Waals surface area (Å²) in [7, 11) is 1.63. The highest BCUT2D eigenvalue weighted by molar-refractivity contribution is 5.94. The first-order chi connectivity index (χ1) is 9.31. The van der Waals surface area contributed by atoms with Gasteiger partial charge in [0.1, 0.15) is 0 Å². The molecule has 2 N–H and O–H groups in total. The lowest BCUT2D eigenvalue weighted by molar-refractivity contribution is 0.0692. The van der Waals surface area contributed by atoms with E-state index >= 15 is 0 Å². The van der Waals surface area contributed by atoms with Gasteiger partial charge in [0.25, 0.3) is 5.91 Å². The molecule has 0 fully saturated rings. The standard InChI is InChI=1S/C14H20N2O3.ClH/c1-18-6-7-19-5-4-16-14(17)11-2-3-12-9-15-10-13(12)8-11;/h2-3,8,15H,4-7,9-10H2,1H3,(H,16,17);1H. The number of nitrogens with one attached hydrogen (secondary N) is 2. The van der Waals surface area contributed by atoms with Gasteiger partial charge in [-0.1, -0.05) is 6.07 Å². The third-order valence-electron chi connectivity index (χ3n) is 3.06. The molecule has 0 aromatic heterocycles. The summed E-state index contributed by atoms with van der Waals surface area (Å²) in [6, 6.07) is 5.84. The van der Waals surface area contributed by atoms with Crippen LogP contribution in [0.4, 0.5) is 0 Å². The van der Waals surface area contributed by atoms with Gasteiger partial charge >= 0.3 is 0 Å². The molecule has 0 unspecified atom stereocenters. The van der Waals surface area contributed by atoms with Crippen LogP contribution in [0.5, 0.6) is 0 Å². The van der Waals surface area contributed by atoms with Gasteiger partial charge < -0.3 is 20.1 Å². The maximum absolute atomic E-state index is 11.9. The fraction of sp³-hybridized carbons (Fsp3) is 0.500. The number of ether oxygens (including phenoxy) is 2. The van der Waals surface area contributed by atoms with Gasteiger partial charge in [-0.15, -0.1) is 12.4 Å². The molecular formula is C14H21ClN2O3.